The summed E-state index contributed by atoms with van der Waals surface area (Å²) in [5, 5.41) is 0. The molecule has 4 heteroatoms. The Morgan fingerprint density at radius 1 is 1.42 bits per heavy atom. The van der Waals surface area contributed by atoms with Crippen molar-refractivity contribution in [2.45, 2.75) is 20.3 Å². The third-order valence-corrected chi connectivity index (χ3v) is 4.15. The predicted octanol–water partition coefficient (Wildman–Crippen LogP) is 0.848. The van der Waals surface area contributed by atoms with Gasteiger partial charge in [-0.1, -0.05) is 13.8 Å². The van der Waals surface area contributed by atoms with Crippen LogP contribution in [0.2, 0.25) is 0 Å². The Labute approximate surface area is 74.0 Å². The molecule has 0 radical (unpaired) electrons. The number of sulfone groups is 1. The maximum absolute atomic E-state index is 11.4. The molecule has 0 aliphatic carbocycles. The second kappa shape index (κ2) is 3.34. The predicted molar refractivity (Wildman–Crippen MR) is 47.9 cm³/mol. The maximum atomic E-state index is 11.4. The van der Waals surface area contributed by atoms with Crippen LogP contribution in [0, 0.1) is 5.41 Å². The zero-order chi connectivity index (χ0) is 9.24. The van der Waals surface area contributed by atoms with Gasteiger partial charge in [0.2, 0.25) is 0 Å². The fourth-order valence-electron chi connectivity index (χ4n) is 1.45. The summed E-state index contributed by atoms with van der Waals surface area (Å²) < 4.78 is 27.8. The van der Waals surface area contributed by atoms with E-state index < -0.39 is 9.84 Å². The molecule has 0 aromatic rings. The van der Waals surface area contributed by atoms with E-state index in [1.165, 1.54) is 0 Å². The van der Waals surface area contributed by atoms with Crippen LogP contribution in [0.4, 0.5) is 0 Å². The highest BCUT2D eigenvalue weighted by molar-refractivity contribution is 7.91. The van der Waals surface area contributed by atoms with E-state index in [1.54, 1.807) is 0 Å². The van der Waals surface area contributed by atoms with Crippen molar-refractivity contribution in [3.05, 3.63) is 0 Å². The Morgan fingerprint density at radius 2 is 2.00 bits per heavy atom. The summed E-state index contributed by atoms with van der Waals surface area (Å²) in [5.74, 6) is 0.594. The second-order valence-electron chi connectivity index (χ2n) is 3.90. The topological polar surface area (TPSA) is 43.4 Å². The van der Waals surface area contributed by atoms with Crippen molar-refractivity contribution in [3.63, 3.8) is 0 Å². The van der Waals surface area contributed by atoms with Gasteiger partial charge in [-0.3, -0.25) is 0 Å². The van der Waals surface area contributed by atoms with E-state index in [0.29, 0.717) is 25.4 Å². The lowest BCUT2D eigenvalue weighted by molar-refractivity contribution is -0.0870. The van der Waals surface area contributed by atoms with Crippen molar-refractivity contribution in [2.75, 3.05) is 24.7 Å². The molecule has 0 amide bonds. The van der Waals surface area contributed by atoms with Gasteiger partial charge < -0.3 is 4.74 Å². The summed E-state index contributed by atoms with van der Waals surface area (Å²) in [6, 6.07) is 0. The van der Waals surface area contributed by atoms with Crippen LogP contribution in [0.3, 0.4) is 0 Å². The molecule has 1 heterocycles. The van der Waals surface area contributed by atoms with Crippen molar-refractivity contribution in [1.82, 2.24) is 0 Å². The molecule has 0 unspecified atom stereocenters. The summed E-state index contributed by atoms with van der Waals surface area (Å²) in [5.41, 5.74) is -0.103. The number of hydrogen-bond donors (Lipinski definition) is 0. The highest BCUT2D eigenvalue weighted by atomic mass is 32.2. The summed E-state index contributed by atoms with van der Waals surface area (Å²) in [7, 11) is -2.83. The Kier molecular flexibility index (Phi) is 2.78. The van der Waals surface area contributed by atoms with Crippen molar-refractivity contribution < 1.29 is 13.2 Å². The first-order chi connectivity index (χ1) is 5.47. The molecule has 0 atom stereocenters. The smallest absolute Gasteiger partial charge is 0.151 e. The normalized spacial score (nSPS) is 21.8. The summed E-state index contributed by atoms with van der Waals surface area (Å²) in [6.07, 6.45) is 0.708. The molecule has 3 nitrogen and oxygen atoms in total. The van der Waals surface area contributed by atoms with E-state index in [2.05, 4.69) is 0 Å². The molecule has 1 aliphatic rings. The van der Waals surface area contributed by atoms with Crippen LogP contribution < -0.4 is 0 Å². The molecule has 0 aromatic heterocycles. The molecule has 72 valence electrons. The first-order valence-electron chi connectivity index (χ1n) is 4.26. The number of hydrogen-bond acceptors (Lipinski definition) is 3. The first kappa shape index (κ1) is 9.99. The van der Waals surface area contributed by atoms with Gasteiger partial charge in [-0.2, -0.15) is 0 Å². The van der Waals surface area contributed by atoms with Crippen LogP contribution in [0.15, 0.2) is 0 Å². The van der Waals surface area contributed by atoms with Crippen LogP contribution in [-0.2, 0) is 14.6 Å². The molecule has 1 rings (SSSR count). The van der Waals surface area contributed by atoms with Crippen molar-refractivity contribution in [2.24, 2.45) is 5.41 Å². The molecule has 12 heavy (non-hydrogen) atoms. The summed E-state index contributed by atoms with van der Waals surface area (Å²) in [4.78, 5) is 0. The van der Waals surface area contributed by atoms with E-state index in [-0.39, 0.29) is 11.2 Å². The fourth-order valence-corrected chi connectivity index (χ4v) is 3.44. The summed E-state index contributed by atoms with van der Waals surface area (Å²) in [6.45, 7) is 5.03. The molecular formula is C8H16O3S. The molecule has 1 fully saturated rings. The van der Waals surface area contributed by atoms with Crippen LogP contribution >= 0.6 is 0 Å². The minimum Gasteiger partial charge on any atom is -0.380 e. The minimum absolute atomic E-state index is 0.103. The van der Waals surface area contributed by atoms with Crippen LogP contribution in [0.5, 0.6) is 0 Å². The molecule has 0 spiro atoms. The van der Waals surface area contributed by atoms with Crippen molar-refractivity contribution in [1.29, 1.82) is 0 Å². The molecular weight excluding hydrogens is 176 g/mol. The number of rotatable bonds is 4. The zero-order valence-corrected chi connectivity index (χ0v) is 8.49. The summed E-state index contributed by atoms with van der Waals surface area (Å²) >= 11 is 0. The van der Waals surface area contributed by atoms with Crippen molar-refractivity contribution >= 4 is 9.84 Å². The van der Waals surface area contributed by atoms with Gasteiger partial charge in [0.05, 0.1) is 19.0 Å². The lowest BCUT2D eigenvalue weighted by atomic mass is 9.92. The lowest BCUT2D eigenvalue weighted by Gasteiger charge is -2.37. The average molecular weight is 192 g/mol. The fraction of sp³-hybridized carbons (Fsp3) is 1.00. The van der Waals surface area contributed by atoms with Crippen LogP contribution in [0.1, 0.15) is 20.3 Å². The number of ether oxygens (including phenoxy) is 1. The Morgan fingerprint density at radius 3 is 2.33 bits per heavy atom. The highest BCUT2D eigenvalue weighted by Gasteiger charge is 2.37. The highest BCUT2D eigenvalue weighted by Crippen LogP contribution is 2.28. The molecule has 0 saturated carbocycles. The van der Waals surface area contributed by atoms with Gasteiger partial charge in [-0.15, -0.1) is 0 Å². The van der Waals surface area contributed by atoms with Gasteiger partial charge in [0.1, 0.15) is 0 Å². The molecule has 1 saturated heterocycles. The Hall–Kier alpha value is -0.0900. The van der Waals surface area contributed by atoms with E-state index in [4.69, 9.17) is 4.74 Å². The van der Waals surface area contributed by atoms with Gasteiger partial charge in [-0.25, -0.2) is 8.42 Å². The second-order valence-corrected chi connectivity index (χ2v) is 6.08. The zero-order valence-electron chi connectivity index (χ0n) is 7.67. The van der Waals surface area contributed by atoms with Gasteiger partial charge in [0, 0.05) is 11.2 Å². The van der Waals surface area contributed by atoms with Crippen LogP contribution in [0.25, 0.3) is 0 Å². The van der Waals surface area contributed by atoms with Gasteiger partial charge in [-0.05, 0) is 6.42 Å². The SMILES string of the molecule is CCCS(=O)(=O)CC1(C)COC1. The largest absolute Gasteiger partial charge is 0.380 e. The van der Waals surface area contributed by atoms with Gasteiger partial charge in [0.25, 0.3) is 0 Å². The third kappa shape index (κ3) is 2.45. The Balaban J connectivity index is 2.49. The minimum atomic E-state index is -2.83. The Bertz CT molecular complexity index is 239. The standard InChI is InChI=1S/C8H16O3S/c1-3-4-12(9,10)7-8(2)5-11-6-8/h3-7H2,1-2H3. The van der Waals surface area contributed by atoms with Gasteiger partial charge in [0.15, 0.2) is 9.84 Å². The molecule has 1 aliphatic heterocycles. The molecule has 0 N–H and O–H groups in total. The van der Waals surface area contributed by atoms with E-state index >= 15 is 0 Å². The monoisotopic (exact) mass is 192 g/mol. The third-order valence-electron chi connectivity index (χ3n) is 1.98. The average Bonchev–Trinajstić information content (AvgIpc) is 1.83. The quantitative estimate of drug-likeness (QED) is 0.663. The first-order valence-corrected chi connectivity index (χ1v) is 6.08. The van der Waals surface area contributed by atoms with E-state index in [0.717, 1.165) is 0 Å². The van der Waals surface area contributed by atoms with E-state index in [9.17, 15) is 8.42 Å². The van der Waals surface area contributed by atoms with Crippen molar-refractivity contribution in [3.8, 4) is 0 Å². The lowest BCUT2D eigenvalue weighted by Crippen LogP contribution is -2.45. The molecule has 0 aromatic carbocycles. The molecule has 0 bridgehead atoms. The maximum Gasteiger partial charge on any atom is 0.151 e. The van der Waals surface area contributed by atoms with E-state index in [1.807, 2.05) is 13.8 Å². The van der Waals surface area contributed by atoms with Gasteiger partial charge >= 0.3 is 0 Å². The van der Waals surface area contributed by atoms with Crippen LogP contribution in [-0.4, -0.2) is 33.1 Å².